The summed E-state index contributed by atoms with van der Waals surface area (Å²) in [7, 11) is 0. The maximum Gasteiger partial charge on any atom is 0.277 e. The SMILES string of the molecule is CCNC(=O)C(=C=c1sc(=C=CNc2cccc(NC(=O)CN3CCCC3)c2)c(=O)n1CC)C#N. The van der Waals surface area contributed by atoms with Crippen LogP contribution in [-0.4, -0.2) is 47.5 Å². The van der Waals surface area contributed by atoms with Crippen molar-refractivity contribution in [2.75, 3.05) is 36.8 Å². The number of rotatable bonds is 8. The van der Waals surface area contributed by atoms with E-state index >= 15 is 0 Å². The highest BCUT2D eigenvalue weighted by Gasteiger charge is 2.15. The second-order valence-electron chi connectivity index (χ2n) is 7.80. The molecular formula is C25H28N6O3S. The molecule has 10 heteroatoms. The summed E-state index contributed by atoms with van der Waals surface area (Å²) in [6.45, 7) is 6.59. The molecule has 0 unspecified atom stereocenters. The predicted octanol–water partition coefficient (Wildman–Crippen LogP) is 0.935. The van der Waals surface area contributed by atoms with Gasteiger partial charge in [0, 0.05) is 30.7 Å². The molecule has 2 amide bonds. The third-order valence-electron chi connectivity index (χ3n) is 5.26. The number of benzene rings is 1. The van der Waals surface area contributed by atoms with E-state index in [4.69, 9.17) is 0 Å². The summed E-state index contributed by atoms with van der Waals surface area (Å²) in [6, 6.07) is 9.10. The number of amides is 2. The number of nitrogens with zero attached hydrogens (tertiary/aromatic N) is 3. The van der Waals surface area contributed by atoms with Gasteiger partial charge in [0.25, 0.3) is 11.5 Å². The molecule has 0 aliphatic carbocycles. The highest BCUT2D eigenvalue weighted by Crippen LogP contribution is 2.15. The van der Waals surface area contributed by atoms with Crippen LogP contribution in [-0.2, 0) is 16.1 Å². The first-order valence-corrected chi connectivity index (χ1v) is 12.3. The molecule has 9 nitrogen and oxygen atoms in total. The minimum absolute atomic E-state index is 0.0500. The first-order valence-electron chi connectivity index (χ1n) is 11.5. The molecule has 3 rings (SSSR count). The average molecular weight is 493 g/mol. The van der Waals surface area contributed by atoms with Gasteiger partial charge in [-0.15, -0.1) is 0 Å². The number of aromatic nitrogens is 1. The Morgan fingerprint density at radius 3 is 2.63 bits per heavy atom. The van der Waals surface area contributed by atoms with E-state index < -0.39 is 5.91 Å². The molecule has 1 aliphatic rings. The number of likely N-dealkylation sites (tertiary alicyclic amines) is 1. The van der Waals surface area contributed by atoms with Crippen molar-refractivity contribution in [3.63, 3.8) is 0 Å². The monoisotopic (exact) mass is 492 g/mol. The Labute approximate surface area is 207 Å². The van der Waals surface area contributed by atoms with Gasteiger partial charge >= 0.3 is 0 Å². The lowest BCUT2D eigenvalue weighted by molar-refractivity contribution is -0.117. The van der Waals surface area contributed by atoms with Crippen molar-refractivity contribution in [3.8, 4) is 6.07 Å². The smallest absolute Gasteiger partial charge is 0.277 e. The van der Waals surface area contributed by atoms with E-state index in [0.29, 0.717) is 34.5 Å². The lowest BCUT2D eigenvalue weighted by Gasteiger charge is -2.14. The fraction of sp³-hybridized carbons (Fsp3) is 0.360. The van der Waals surface area contributed by atoms with Gasteiger partial charge in [-0.25, -0.2) is 0 Å². The van der Waals surface area contributed by atoms with Crippen LogP contribution in [0.15, 0.2) is 40.8 Å². The van der Waals surface area contributed by atoms with Crippen LogP contribution in [0, 0.1) is 11.3 Å². The first kappa shape index (κ1) is 25.8. The van der Waals surface area contributed by atoms with Crippen molar-refractivity contribution in [2.45, 2.75) is 33.2 Å². The van der Waals surface area contributed by atoms with Crippen molar-refractivity contribution in [1.82, 2.24) is 14.8 Å². The van der Waals surface area contributed by atoms with Crippen LogP contribution in [0.2, 0.25) is 0 Å². The summed E-state index contributed by atoms with van der Waals surface area (Å²) in [5.41, 5.74) is 6.62. The molecular weight excluding hydrogens is 464 g/mol. The van der Waals surface area contributed by atoms with Gasteiger partial charge < -0.3 is 16.0 Å². The Bertz CT molecular complexity index is 1380. The summed E-state index contributed by atoms with van der Waals surface area (Å²) in [4.78, 5) is 39.1. The standard InChI is InChI=1S/C25H28N6O3S/c1-3-27-24(33)18(16-26)14-23-31(4-2)25(34)21(35-23)10-11-28-19-8-7-9-20(15-19)29-22(32)17-30-12-5-6-13-30/h7-9,11,15,28H,3-6,12-13,17H2,1-2H3,(H,27,33)(H,29,32). The van der Waals surface area contributed by atoms with Crippen molar-refractivity contribution < 1.29 is 9.59 Å². The highest BCUT2D eigenvalue weighted by atomic mass is 32.1. The quantitative estimate of drug-likeness (QED) is 0.373. The maximum absolute atomic E-state index is 12.7. The van der Waals surface area contributed by atoms with Gasteiger partial charge in [0.15, 0.2) is 5.57 Å². The number of anilines is 2. The molecule has 2 aromatic rings. The molecule has 1 aromatic heterocycles. The Kier molecular flexibility index (Phi) is 9.24. The summed E-state index contributed by atoms with van der Waals surface area (Å²) >= 11 is 1.09. The highest BCUT2D eigenvalue weighted by molar-refractivity contribution is 7.07. The molecule has 2 heterocycles. The molecule has 1 saturated heterocycles. The Morgan fingerprint density at radius 1 is 1.20 bits per heavy atom. The summed E-state index contributed by atoms with van der Waals surface area (Å²) in [6.07, 6.45) is 3.78. The third-order valence-corrected chi connectivity index (χ3v) is 6.27. The van der Waals surface area contributed by atoms with Gasteiger partial charge in [0.05, 0.1) is 6.54 Å². The van der Waals surface area contributed by atoms with E-state index in [1.165, 1.54) is 10.8 Å². The number of carbonyl (C=O) groups excluding carboxylic acids is 2. The molecule has 0 saturated carbocycles. The molecule has 182 valence electrons. The van der Waals surface area contributed by atoms with Crippen molar-refractivity contribution in [1.29, 1.82) is 5.26 Å². The van der Waals surface area contributed by atoms with Gasteiger partial charge in [-0.2, -0.15) is 5.26 Å². The molecule has 1 aromatic carbocycles. The van der Waals surface area contributed by atoms with Crippen LogP contribution in [0.5, 0.6) is 0 Å². The summed E-state index contributed by atoms with van der Waals surface area (Å²) in [5.74, 6) is -0.584. The molecule has 0 bridgehead atoms. The number of thiazole rings is 1. The van der Waals surface area contributed by atoms with E-state index in [1.54, 1.807) is 19.9 Å². The fourth-order valence-electron chi connectivity index (χ4n) is 3.59. The Hall–Kier alpha value is -3.86. The number of nitriles is 1. The lowest BCUT2D eigenvalue weighted by Crippen LogP contribution is -2.30. The molecule has 0 radical (unpaired) electrons. The van der Waals surface area contributed by atoms with Gasteiger partial charge in [-0.05, 0) is 58.0 Å². The van der Waals surface area contributed by atoms with Crippen LogP contribution < -0.4 is 30.7 Å². The predicted molar refractivity (Wildman–Crippen MR) is 137 cm³/mol. The third kappa shape index (κ3) is 7.06. The average Bonchev–Trinajstić information content (AvgIpc) is 3.45. The van der Waals surface area contributed by atoms with Crippen LogP contribution in [0.25, 0.3) is 11.5 Å². The summed E-state index contributed by atoms with van der Waals surface area (Å²) < 4.78 is 2.12. The number of nitrogens with one attached hydrogen (secondary N) is 3. The van der Waals surface area contributed by atoms with Gasteiger partial charge in [0.1, 0.15) is 15.3 Å². The summed E-state index contributed by atoms with van der Waals surface area (Å²) in [5, 5.41) is 17.8. The van der Waals surface area contributed by atoms with E-state index in [2.05, 4.69) is 32.3 Å². The van der Waals surface area contributed by atoms with E-state index in [0.717, 1.165) is 43.0 Å². The minimum Gasteiger partial charge on any atom is -0.355 e. The normalized spacial score (nSPS) is 12.7. The molecule has 1 aliphatic heterocycles. The molecule has 0 atom stereocenters. The van der Waals surface area contributed by atoms with Gasteiger partial charge in [-0.3, -0.25) is 23.9 Å². The second kappa shape index (κ2) is 12.6. The Balaban J connectivity index is 1.83. The number of hydrogen-bond donors (Lipinski definition) is 3. The molecule has 35 heavy (non-hydrogen) atoms. The largest absolute Gasteiger partial charge is 0.355 e. The van der Waals surface area contributed by atoms with E-state index in [1.807, 2.05) is 24.3 Å². The molecule has 1 fully saturated rings. The number of likely N-dealkylation sites (N-methyl/N-ethyl adjacent to an activating group) is 1. The minimum atomic E-state index is -0.534. The zero-order chi connectivity index (χ0) is 25.2. The van der Waals surface area contributed by atoms with Crippen LogP contribution >= 0.6 is 11.3 Å². The number of hydrogen-bond acceptors (Lipinski definition) is 7. The molecule has 3 N–H and O–H groups in total. The van der Waals surface area contributed by atoms with Crippen LogP contribution in [0.1, 0.15) is 26.7 Å². The zero-order valence-electron chi connectivity index (χ0n) is 19.8. The van der Waals surface area contributed by atoms with Crippen molar-refractivity contribution in [3.05, 3.63) is 55.6 Å². The topological polar surface area (TPSA) is 119 Å². The van der Waals surface area contributed by atoms with Crippen LogP contribution in [0.4, 0.5) is 11.4 Å². The van der Waals surface area contributed by atoms with E-state index in [-0.39, 0.29) is 17.0 Å². The van der Waals surface area contributed by atoms with Crippen molar-refractivity contribution in [2.24, 2.45) is 0 Å². The lowest BCUT2D eigenvalue weighted by atomic mass is 10.2. The van der Waals surface area contributed by atoms with E-state index in [9.17, 15) is 19.6 Å². The number of carbonyl (C=O) groups is 2. The fourth-order valence-corrected chi connectivity index (χ4v) is 4.57. The second-order valence-corrected chi connectivity index (χ2v) is 8.80. The molecule has 0 spiro atoms. The van der Waals surface area contributed by atoms with Crippen LogP contribution in [0.3, 0.4) is 0 Å². The first-order chi connectivity index (χ1) is 16.9. The van der Waals surface area contributed by atoms with Gasteiger partial charge in [-0.1, -0.05) is 28.9 Å². The van der Waals surface area contributed by atoms with Crippen molar-refractivity contribution >= 4 is 46.0 Å². The zero-order valence-corrected chi connectivity index (χ0v) is 20.6. The Morgan fingerprint density at radius 2 is 1.94 bits per heavy atom. The van der Waals surface area contributed by atoms with Gasteiger partial charge in [0.2, 0.25) is 5.91 Å². The maximum atomic E-state index is 12.7.